The summed E-state index contributed by atoms with van der Waals surface area (Å²) in [5.74, 6) is 2.29. The van der Waals surface area contributed by atoms with Gasteiger partial charge in [0.25, 0.3) is 0 Å². The summed E-state index contributed by atoms with van der Waals surface area (Å²) in [5, 5.41) is 3.08. The molecular formula is C13H14IN3O. The van der Waals surface area contributed by atoms with Crippen molar-refractivity contribution < 1.29 is 4.74 Å². The van der Waals surface area contributed by atoms with Gasteiger partial charge in [0.1, 0.15) is 11.6 Å². The Morgan fingerprint density at radius 1 is 1.22 bits per heavy atom. The van der Waals surface area contributed by atoms with Crippen LogP contribution in [0.4, 0.5) is 5.82 Å². The van der Waals surface area contributed by atoms with Crippen LogP contribution in [0, 0.1) is 10.5 Å². The van der Waals surface area contributed by atoms with E-state index < -0.39 is 0 Å². The van der Waals surface area contributed by atoms with Crippen molar-refractivity contribution in [3.8, 4) is 17.1 Å². The molecule has 5 heteroatoms. The average molecular weight is 355 g/mol. The summed E-state index contributed by atoms with van der Waals surface area (Å²) in [7, 11) is 3.51. The van der Waals surface area contributed by atoms with E-state index in [1.807, 2.05) is 38.2 Å². The molecule has 0 atom stereocenters. The molecule has 2 rings (SSSR count). The number of anilines is 1. The Morgan fingerprint density at radius 3 is 2.61 bits per heavy atom. The molecule has 0 spiro atoms. The van der Waals surface area contributed by atoms with Crippen molar-refractivity contribution in [2.24, 2.45) is 0 Å². The number of halogens is 1. The fourth-order valence-corrected chi connectivity index (χ4v) is 2.19. The number of methoxy groups -OCH3 is 1. The molecule has 0 amide bonds. The number of ether oxygens (including phenoxy) is 1. The maximum atomic E-state index is 5.34. The standard InChI is InChI=1S/C13H14IN3O/c1-8-11(14)13(15-2)17-12(16-8)9-6-4-5-7-10(9)18-3/h4-7H,1-3H3,(H,15,16,17). The molecule has 0 aliphatic heterocycles. The summed E-state index contributed by atoms with van der Waals surface area (Å²) in [6, 6.07) is 7.75. The van der Waals surface area contributed by atoms with Gasteiger partial charge in [-0.15, -0.1) is 0 Å². The summed E-state index contributed by atoms with van der Waals surface area (Å²) in [4.78, 5) is 9.04. The Bertz CT molecular complexity index is 572. The van der Waals surface area contributed by atoms with Crippen LogP contribution in [0.5, 0.6) is 5.75 Å². The molecular weight excluding hydrogens is 341 g/mol. The van der Waals surface area contributed by atoms with E-state index in [1.165, 1.54) is 0 Å². The van der Waals surface area contributed by atoms with E-state index in [4.69, 9.17) is 4.74 Å². The van der Waals surface area contributed by atoms with Crippen LogP contribution in [0.3, 0.4) is 0 Å². The number of aryl methyl sites for hydroxylation is 1. The Kier molecular flexibility index (Phi) is 4.00. The fourth-order valence-electron chi connectivity index (χ4n) is 1.67. The van der Waals surface area contributed by atoms with E-state index in [1.54, 1.807) is 7.11 Å². The van der Waals surface area contributed by atoms with Crippen LogP contribution in [-0.2, 0) is 0 Å². The number of aromatic nitrogens is 2. The lowest BCUT2D eigenvalue weighted by atomic mass is 10.2. The predicted molar refractivity (Wildman–Crippen MR) is 81.0 cm³/mol. The molecule has 0 fully saturated rings. The third-order valence-corrected chi connectivity index (χ3v) is 3.89. The van der Waals surface area contributed by atoms with Gasteiger partial charge in [0, 0.05) is 7.05 Å². The number of rotatable bonds is 3. The summed E-state index contributed by atoms with van der Waals surface area (Å²) in [5.41, 5.74) is 1.85. The predicted octanol–water partition coefficient (Wildman–Crippen LogP) is 3.11. The van der Waals surface area contributed by atoms with Gasteiger partial charge in [-0.2, -0.15) is 0 Å². The van der Waals surface area contributed by atoms with E-state index in [2.05, 4.69) is 37.9 Å². The third-order valence-electron chi connectivity index (χ3n) is 2.60. The first-order valence-electron chi connectivity index (χ1n) is 5.52. The summed E-state index contributed by atoms with van der Waals surface area (Å²) in [6.07, 6.45) is 0. The van der Waals surface area contributed by atoms with E-state index in [0.29, 0.717) is 5.82 Å². The van der Waals surface area contributed by atoms with E-state index in [0.717, 1.165) is 26.4 Å². The SMILES string of the molecule is CNc1nc(-c2ccccc2OC)nc(C)c1I. The molecule has 0 saturated carbocycles. The molecule has 0 saturated heterocycles. The molecule has 0 aliphatic rings. The molecule has 1 aromatic carbocycles. The number of para-hydroxylation sites is 1. The first-order valence-corrected chi connectivity index (χ1v) is 6.60. The zero-order valence-corrected chi connectivity index (χ0v) is 12.6. The Hall–Kier alpha value is -1.37. The summed E-state index contributed by atoms with van der Waals surface area (Å²) >= 11 is 2.24. The molecule has 0 unspecified atom stereocenters. The van der Waals surface area contributed by atoms with Crippen LogP contribution < -0.4 is 10.1 Å². The smallest absolute Gasteiger partial charge is 0.165 e. The second-order valence-electron chi connectivity index (χ2n) is 3.75. The lowest BCUT2D eigenvalue weighted by Gasteiger charge is -2.11. The average Bonchev–Trinajstić information content (AvgIpc) is 2.41. The van der Waals surface area contributed by atoms with Crippen LogP contribution in [0.1, 0.15) is 5.69 Å². The topological polar surface area (TPSA) is 47.0 Å². The molecule has 1 N–H and O–H groups in total. The Balaban J connectivity index is 2.61. The van der Waals surface area contributed by atoms with Crippen LogP contribution >= 0.6 is 22.6 Å². The van der Waals surface area contributed by atoms with Gasteiger partial charge in [0.2, 0.25) is 0 Å². The van der Waals surface area contributed by atoms with Crippen molar-refractivity contribution in [3.63, 3.8) is 0 Å². The Labute approximate surface area is 120 Å². The van der Waals surface area contributed by atoms with Crippen molar-refractivity contribution in [2.75, 3.05) is 19.5 Å². The molecule has 4 nitrogen and oxygen atoms in total. The van der Waals surface area contributed by atoms with Crippen LogP contribution in [0.15, 0.2) is 24.3 Å². The molecule has 1 heterocycles. The number of nitrogens with one attached hydrogen (secondary N) is 1. The number of nitrogens with zero attached hydrogens (tertiary/aromatic N) is 2. The monoisotopic (exact) mass is 355 g/mol. The van der Waals surface area contributed by atoms with Gasteiger partial charge >= 0.3 is 0 Å². The van der Waals surface area contributed by atoms with Crippen LogP contribution in [-0.4, -0.2) is 24.1 Å². The lowest BCUT2D eigenvalue weighted by molar-refractivity contribution is 0.416. The van der Waals surface area contributed by atoms with Gasteiger partial charge in [-0.3, -0.25) is 0 Å². The van der Waals surface area contributed by atoms with Crippen molar-refractivity contribution in [2.45, 2.75) is 6.92 Å². The van der Waals surface area contributed by atoms with Gasteiger partial charge in [-0.1, -0.05) is 12.1 Å². The minimum absolute atomic E-state index is 0.676. The van der Waals surface area contributed by atoms with Crippen molar-refractivity contribution in [1.29, 1.82) is 0 Å². The van der Waals surface area contributed by atoms with Crippen molar-refractivity contribution >= 4 is 28.4 Å². The molecule has 0 radical (unpaired) electrons. The highest BCUT2D eigenvalue weighted by Crippen LogP contribution is 2.29. The Morgan fingerprint density at radius 2 is 1.94 bits per heavy atom. The second kappa shape index (κ2) is 5.51. The molecule has 0 aliphatic carbocycles. The van der Waals surface area contributed by atoms with Gasteiger partial charge in [-0.25, -0.2) is 9.97 Å². The molecule has 18 heavy (non-hydrogen) atoms. The van der Waals surface area contributed by atoms with Gasteiger partial charge < -0.3 is 10.1 Å². The van der Waals surface area contributed by atoms with Gasteiger partial charge in [0.05, 0.1) is 21.9 Å². The van der Waals surface area contributed by atoms with E-state index in [-0.39, 0.29) is 0 Å². The zero-order chi connectivity index (χ0) is 13.1. The molecule has 94 valence electrons. The van der Waals surface area contributed by atoms with Crippen LogP contribution in [0.25, 0.3) is 11.4 Å². The van der Waals surface area contributed by atoms with Gasteiger partial charge in [-0.05, 0) is 41.6 Å². The van der Waals surface area contributed by atoms with Crippen molar-refractivity contribution in [1.82, 2.24) is 9.97 Å². The number of hydrogen-bond acceptors (Lipinski definition) is 4. The van der Waals surface area contributed by atoms with Crippen LogP contribution in [0.2, 0.25) is 0 Å². The minimum atomic E-state index is 0.676. The summed E-state index contributed by atoms with van der Waals surface area (Å²) in [6.45, 7) is 1.98. The number of hydrogen-bond donors (Lipinski definition) is 1. The molecule has 0 bridgehead atoms. The first kappa shape index (κ1) is 13.1. The highest BCUT2D eigenvalue weighted by molar-refractivity contribution is 14.1. The minimum Gasteiger partial charge on any atom is -0.496 e. The maximum Gasteiger partial charge on any atom is 0.165 e. The molecule has 2 aromatic rings. The van der Waals surface area contributed by atoms with E-state index in [9.17, 15) is 0 Å². The third kappa shape index (κ3) is 2.40. The quantitative estimate of drug-likeness (QED) is 0.860. The normalized spacial score (nSPS) is 10.2. The zero-order valence-electron chi connectivity index (χ0n) is 10.5. The number of benzene rings is 1. The highest BCUT2D eigenvalue weighted by Gasteiger charge is 2.12. The second-order valence-corrected chi connectivity index (χ2v) is 4.82. The van der Waals surface area contributed by atoms with Crippen molar-refractivity contribution in [3.05, 3.63) is 33.5 Å². The first-order chi connectivity index (χ1) is 8.67. The van der Waals surface area contributed by atoms with E-state index >= 15 is 0 Å². The maximum absolute atomic E-state index is 5.34. The highest BCUT2D eigenvalue weighted by atomic mass is 127. The summed E-state index contributed by atoms with van der Waals surface area (Å²) < 4.78 is 6.38. The van der Waals surface area contributed by atoms with Gasteiger partial charge in [0.15, 0.2) is 5.82 Å². The largest absolute Gasteiger partial charge is 0.496 e. The fraction of sp³-hybridized carbons (Fsp3) is 0.231. The lowest BCUT2D eigenvalue weighted by Crippen LogP contribution is -2.03. The molecule has 1 aromatic heterocycles.